The van der Waals surface area contributed by atoms with Crippen LogP contribution in [0.4, 0.5) is 5.69 Å². The van der Waals surface area contributed by atoms with Crippen molar-refractivity contribution in [2.24, 2.45) is 0 Å². The number of aromatic nitrogens is 2. The van der Waals surface area contributed by atoms with Crippen LogP contribution in [0.1, 0.15) is 61.2 Å². The van der Waals surface area contributed by atoms with Crippen molar-refractivity contribution in [1.29, 1.82) is 0 Å². The topological polar surface area (TPSA) is 85.5 Å². The molecule has 0 spiro atoms. The normalized spacial score (nSPS) is 14.0. The molecular weight excluding hydrogens is 346 g/mol. The molecule has 7 nitrogen and oxygen atoms in total. The first kappa shape index (κ1) is 19.1. The summed E-state index contributed by atoms with van der Waals surface area (Å²) < 4.78 is 10.1. The van der Waals surface area contributed by atoms with Gasteiger partial charge < -0.3 is 14.2 Å². The van der Waals surface area contributed by atoms with Gasteiger partial charge in [0.2, 0.25) is 11.8 Å². The van der Waals surface area contributed by atoms with E-state index in [0.717, 1.165) is 24.1 Å². The summed E-state index contributed by atoms with van der Waals surface area (Å²) in [5.41, 5.74) is 1.99. The number of methoxy groups -OCH3 is 1. The molecule has 0 atom stereocenters. The third kappa shape index (κ3) is 4.02. The highest BCUT2D eigenvalue weighted by Gasteiger charge is 2.27. The summed E-state index contributed by atoms with van der Waals surface area (Å²) in [4.78, 5) is 30.9. The van der Waals surface area contributed by atoms with Crippen molar-refractivity contribution in [3.63, 3.8) is 0 Å². The summed E-state index contributed by atoms with van der Waals surface area (Å²) in [6, 6.07) is 5.40. The van der Waals surface area contributed by atoms with E-state index in [1.165, 1.54) is 7.11 Å². The maximum atomic E-state index is 12.8. The fourth-order valence-electron chi connectivity index (χ4n) is 3.19. The van der Waals surface area contributed by atoms with Gasteiger partial charge in [-0.3, -0.25) is 4.79 Å². The molecule has 1 amide bonds. The standard InChI is InChI=1S/C20H25N3O4/c1-20(2,3)19-21-16(27-22-19)10-11-17(24)23-12-6-8-13-14(18(25)26-4)7-5-9-15(13)23/h5,7,9H,6,8,10-12H2,1-4H3. The van der Waals surface area contributed by atoms with Crippen molar-refractivity contribution >= 4 is 17.6 Å². The highest BCUT2D eigenvalue weighted by atomic mass is 16.5. The SMILES string of the molecule is COC(=O)c1cccc2c1CCCN2C(=O)CCc1nc(C(C)(C)C)no1. The molecule has 0 unspecified atom stereocenters. The number of carbonyl (C=O) groups is 2. The summed E-state index contributed by atoms with van der Waals surface area (Å²) in [5.74, 6) is 0.708. The number of hydrogen-bond donors (Lipinski definition) is 0. The van der Waals surface area contributed by atoms with Crippen LogP contribution in [-0.4, -0.2) is 35.7 Å². The molecule has 144 valence electrons. The van der Waals surface area contributed by atoms with Crippen molar-refractivity contribution in [1.82, 2.24) is 10.1 Å². The lowest BCUT2D eigenvalue weighted by atomic mass is 9.96. The molecule has 7 heteroatoms. The van der Waals surface area contributed by atoms with Gasteiger partial charge >= 0.3 is 5.97 Å². The molecule has 1 aromatic heterocycles. The second-order valence-corrected chi connectivity index (χ2v) is 7.71. The van der Waals surface area contributed by atoms with Gasteiger partial charge in [-0.15, -0.1) is 0 Å². The van der Waals surface area contributed by atoms with Gasteiger partial charge in [-0.1, -0.05) is 32.0 Å². The quantitative estimate of drug-likeness (QED) is 0.768. The van der Waals surface area contributed by atoms with Crippen LogP contribution < -0.4 is 4.90 Å². The highest BCUT2D eigenvalue weighted by Crippen LogP contribution is 2.31. The number of hydrogen-bond acceptors (Lipinski definition) is 6. The van der Waals surface area contributed by atoms with Gasteiger partial charge in [0.15, 0.2) is 5.82 Å². The van der Waals surface area contributed by atoms with Crippen LogP contribution in [0.3, 0.4) is 0 Å². The third-order valence-electron chi connectivity index (χ3n) is 4.65. The molecule has 0 fully saturated rings. The average Bonchev–Trinajstić information content (AvgIpc) is 3.14. The number of aryl methyl sites for hydroxylation is 1. The van der Waals surface area contributed by atoms with E-state index in [1.54, 1.807) is 17.0 Å². The van der Waals surface area contributed by atoms with Crippen LogP contribution >= 0.6 is 0 Å². The smallest absolute Gasteiger partial charge is 0.338 e. The summed E-state index contributed by atoms with van der Waals surface area (Å²) in [5, 5.41) is 3.99. The van der Waals surface area contributed by atoms with E-state index in [2.05, 4.69) is 10.1 Å². The van der Waals surface area contributed by atoms with E-state index < -0.39 is 0 Å². The Hall–Kier alpha value is -2.70. The van der Waals surface area contributed by atoms with Crippen molar-refractivity contribution in [2.75, 3.05) is 18.6 Å². The molecule has 0 bridgehead atoms. The van der Waals surface area contributed by atoms with Crippen molar-refractivity contribution in [2.45, 2.75) is 51.9 Å². The van der Waals surface area contributed by atoms with Crippen molar-refractivity contribution in [3.05, 3.63) is 41.0 Å². The molecule has 0 saturated heterocycles. The Morgan fingerprint density at radius 1 is 1.30 bits per heavy atom. The minimum Gasteiger partial charge on any atom is -0.465 e. The van der Waals surface area contributed by atoms with E-state index in [1.807, 2.05) is 26.8 Å². The summed E-state index contributed by atoms with van der Waals surface area (Å²) in [7, 11) is 1.36. The lowest BCUT2D eigenvalue weighted by Crippen LogP contribution is -2.36. The Morgan fingerprint density at radius 2 is 2.07 bits per heavy atom. The third-order valence-corrected chi connectivity index (χ3v) is 4.65. The second-order valence-electron chi connectivity index (χ2n) is 7.71. The molecule has 1 aliphatic heterocycles. The van der Waals surface area contributed by atoms with Gasteiger partial charge in [0.25, 0.3) is 0 Å². The number of nitrogens with zero attached hydrogens (tertiary/aromatic N) is 3. The lowest BCUT2D eigenvalue weighted by Gasteiger charge is -2.30. The molecule has 27 heavy (non-hydrogen) atoms. The molecule has 0 aliphatic carbocycles. The first-order valence-electron chi connectivity index (χ1n) is 9.15. The molecule has 3 rings (SSSR count). The average molecular weight is 371 g/mol. The summed E-state index contributed by atoms with van der Waals surface area (Å²) in [6.07, 6.45) is 2.22. The van der Waals surface area contributed by atoms with Crippen LogP contribution in [0.2, 0.25) is 0 Å². The maximum absolute atomic E-state index is 12.8. The first-order chi connectivity index (χ1) is 12.8. The minimum atomic E-state index is -0.373. The minimum absolute atomic E-state index is 0.0199. The Labute approximate surface area is 158 Å². The van der Waals surface area contributed by atoms with Gasteiger partial charge in [-0.05, 0) is 30.5 Å². The van der Waals surface area contributed by atoms with E-state index in [0.29, 0.717) is 30.2 Å². The van der Waals surface area contributed by atoms with E-state index in [4.69, 9.17) is 9.26 Å². The molecule has 0 saturated carbocycles. The fraction of sp³-hybridized carbons (Fsp3) is 0.500. The molecular formula is C20H25N3O4. The van der Waals surface area contributed by atoms with E-state index in [-0.39, 0.29) is 23.7 Å². The van der Waals surface area contributed by atoms with Gasteiger partial charge in [-0.2, -0.15) is 4.98 Å². The number of carbonyl (C=O) groups excluding carboxylic acids is 2. The van der Waals surface area contributed by atoms with E-state index >= 15 is 0 Å². The first-order valence-corrected chi connectivity index (χ1v) is 9.15. The van der Waals surface area contributed by atoms with Crippen LogP contribution in [0.25, 0.3) is 0 Å². The fourth-order valence-corrected chi connectivity index (χ4v) is 3.19. The number of amides is 1. The lowest BCUT2D eigenvalue weighted by molar-refractivity contribution is -0.118. The Bertz CT molecular complexity index is 851. The Kier molecular flexibility index (Phi) is 5.30. The molecule has 1 aromatic carbocycles. The summed E-state index contributed by atoms with van der Waals surface area (Å²) in [6.45, 7) is 6.66. The van der Waals surface area contributed by atoms with Crippen molar-refractivity contribution in [3.8, 4) is 0 Å². The zero-order valence-electron chi connectivity index (χ0n) is 16.2. The maximum Gasteiger partial charge on any atom is 0.338 e. The molecule has 2 aromatic rings. The van der Waals surface area contributed by atoms with Crippen LogP contribution in [-0.2, 0) is 27.8 Å². The van der Waals surface area contributed by atoms with Gasteiger partial charge in [0.05, 0.1) is 12.7 Å². The van der Waals surface area contributed by atoms with Crippen LogP contribution in [0.15, 0.2) is 22.7 Å². The molecule has 0 N–H and O–H groups in total. The van der Waals surface area contributed by atoms with Crippen molar-refractivity contribution < 1.29 is 18.8 Å². The van der Waals surface area contributed by atoms with Crippen LogP contribution in [0, 0.1) is 0 Å². The van der Waals surface area contributed by atoms with Gasteiger partial charge in [0, 0.05) is 30.5 Å². The predicted molar refractivity (Wildman–Crippen MR) is 99.8 cm³/mol. The molecule has 1 aliphatic rings. The number of anilines is 1. The second kappa shape index (κ2) is 7.50. The van der Waals surface area contributed by atoms with Gasteiger partial charge in [-0.25, -0.2) is 4.79 Å². The molecule has 2 heterocycles. The largest absolute Gasteiger partial charge is 0.465 e. The monoisotopic (exact) mass is 371 g/mol. The predicted octanol–water partition coefficient (Wildman–Crippen LogP) is 3.07. The van der Waals surface area contributed by atoms with Crippen LogP contribution in [0.5, 0.6) is 0 Å². The van der Waals surface area contributed by atoms with Gasteiger partial charge in [0.1, 0.15) is 0 Å². The number of rotatable bonds is 4. The zero-order chi connectivity index (χ0) is 19.6. The number of esters is 1. The number of fused-ring (bicyclic) bond motifs is 1. The van der Waals surface area contributed by atoms with E-state index in [9.17, 15) is 9.59 Å². The number of benzene rings is 1. The Balaban J connectivity index is 1.74. The zero-order valence-corrected chi connectivity index (χ0v) is 16.2. The Morgan fingerprint density at radius 3 is 2.74 bits per heavy atom. The number of ether oxygens (including phenoxy) is 1. The molecule has 0 radical (unpaired) electrons. The highest BCUT2D eigenvalue weighted by molar-refractivity contribution is 5.98. The summed E-state index contributed by atoms with van der Waals surface area (Å²) >= 11 is 0.